The Bertz CT molecular complexity index is 571. The molecule has 0 fully saturated rings. The van der Waals surface area contributed by atoms with E-state index in [1.165, 1.54) is 90.6 Å². The molecule has 0 aromatic heterocycles. The molecule has 0 unspecified atom stereocenters. The number of hydrogen-bond donors (Lipinski definition) is 2. The Kier molecular flexibility index (Phi) is 31.0. The van der Waals surface area contributed by atoms with Gasteiger partial charge in [0.25, 0.3) is 20.2 Å². The van der Waals surface area contributed by atoms with Crippen LogP contribution in [0, 0.1) is 0 Å². The fraction of sp³-hybridized carbons (Fsp3) is 1.00. The highest BCUT2D eigenvalue weighted by Crippen LogP contribution is 2.03. The fourth-order valence-electron chi connectivity index (χ4n) is 3.31. The van der Waals surface area contributed by atoms with Crippen LogP contribution in [0.1, 0.15) is 119 Å². The second kappa shape index (κ2) is 27.8. The van der Waals surface area contributed by atoms with E-state index in [4.69, 9.17) is 9.11 Å². The summed E-state index contributed by atoms with van der Waals surface area (Å²) >= 11 is 0. The van der Waals surface area contributed by atoms with Gasteiger partial charge in [0.05, 0.1) is 11.5 Å². The molecule has 0 saturated heterocycles. The third-order valence-corrected chi connectivity index (χ3v) is 7.37. The lowest BCUT2D eigenvalue weighted by Crippen LogP contribution is -2.25. The summed E-state index contributed by atoms with van der Waals surface area (Å²) in [5, 5.41) is 0. The number of nitrogens with zero attached hydrogens (tertiary/aromatic N) is 2. The van der Waals surface area contributed by atoms with Crippen LogP contribution < -0.4 is 0 Å². The molecule has 0 saturated carbocycles. The summed E-state index contributed by atoms with van der Waals surface area (Å²) < 4.78 is 57.7. The predicted molar refractivity (Wildman–Crippen MR) is 155 cm³/mol. The van der Waals surface area contributed by atoms with Crippen molar-refractivity contribution in [2.45, 2.75) is 119 Å². The van der Waals surface area contributed by atoms with E-state index in [1.54, 1.807) is 0 Å². The minimum Gasteiger partial charge on any atom is -0.304 e. The van der Waals surface area contributed by atoms with Crippen LogP contribution in [-0.2, 0) is 20.2 Å². The van der Waals surface area contributed by atoms with Crippen LogP contribution in [0.5, 0.6) is 0 Å². The molecule has 0 atom stereocenters. The number of unbranched alkanes of at least 4 members (excludes halogenated alkanes) is 7. The zero-order chi connectivity index (χ0) is 28.3. The maximum atomic E-state index is 10.2. The van der Waals surface area contributed by atoms with Gasteiger partial charge in [0.15, 0.2) is 0 Å². The van der Waals surface area contributed by atoms with Crippen molar-refractivity contribution in [2.24, 2.45) is 0 Å². The first-order chi connectivity index (χ1) is 16.9. The second-order valence-corrected chi connectivity index (χ2v) is 12.4. The zero-order valence-corrected chi connectivity index (χ0v) is 26.0. The Morgan fingerprint density at radius 2 is 0.694 bits per heavy atom. The molecule has 0 aliphatic carbocycles. The Morgan fingerprint density at radius 1 is 0.444 bits per heavy atom. The van der Waals surface area contributed by atoms with Crippen molar-refractivity contribution in [1.29, 1.82) is 0 Å². The summed E-state index contributed by atoms with van der Waals surface area (Å²) in [6.07, 6.45) is 12.3. The molecule has 2 N–H and O–H groups in total. The highest BCUT2D eigenvalue weighted by molar-refractivity contribution is 7.86. The number of hydrogen-bond acceptors (Lipinski definition) is 6. The van der Waals surface area contributed by atoms with E-state index < -0.39 is 20.2 Å². The van der Waals surface area contributed by atoms with E-state index in [0.717, 1.165) is 0 Å². The average molecular weight is 561 g/mol. The van der Waals surface area contributed by atoms with Gasteiger partial charge in [0.2, 0.25) is 0 Å². The molecular weight excluding hydrogens is 500 g/mol. The van der Waals surface area contributed by atoms with Gasteiger partial charge >= 0.3 is 0 Å². The highest BCUT2D eigenvalue weighted by Gasteiger charge is 2.05. The van der Waals surface area contributed by atoms with Gasteiger partial charge in [0, 0.05) is 0 Å². The normalized spacial score (nSPS) is 11.7. The summed E-state index contributed by atoms with van der Waals surface area (Å²) in [6, 6.07) is 0. The van der Waals surface area contributed by atoms with Crippen LogP contribution in [-0.4, -0.2) is 86.5 Å². The zero-order valence-electron chi connectivity index (χ0n) is 24.4. The van der Waals surface area contributed by atoms with Gasteiger partial charge in [0.1, 0.15) is 0 Å². The smallest absolute Gasteiger partial charge is 0.264 e. The topological polar surface area (TPSA) is 115 Å². The molecule has 0 aromatic rings. The van der Waals surface area contributed by atoms with Crippen molar-refractivity contribution < 1.29 is 25.9 Å². The molecule has 0 bridgehead atoms. The van der Waals surface area contributed by atoms with Crippen LogP contribution in [0.15, 0.2) is 0 Å². The lowest BCUT2D eigenvalue weighted by atomic mass is 10.2. The van der Waals surface area contributed by atoms with Crippen LogP contribution in [0.4, 0.5) is 0 Å². The Morgan fingerprint density at radius 3 is 0.861 bits per heavy atom. The van der Waals surface area contributed by atoms with Crippen LogP contribution in [0.2, 0.25) is 0 Å². The molecule has 8 nitrogen and oxygen atoms in total. The summed E-state index contributed by atoms with van der Waals surface area (Å²) in [5.74, 6) is -0.613. The van der Waals surface area contributed by atoms with Gasteiger partial charge < -0.3 is 9.80 Å². The monoisotopic (exact) mass is 560 g/mol. The predicted octanol–water partition coefficient (Wildman–Crippen LogP) is 6.14. The second-order valence-electron chi connectivity index (χ2n) is 9.27. The maximum Gasteiger partial charge on any atom is 0.264 e. The number of rotatable bonds is 21. The summed E-state index contributed by atoms with van der Waals surface area (Å²) in [5.41, 5.74) is 0. The molecular formula is C26H60N2O6S2. The van der Waals surface area contributed by atoms with Crippen LogP contribution >= 0.6 is 0 Å². The van der Waals surface area contributed by atoms with Crippen LogP contribution in [0.3, 0.4) is 0 Å². The van der Waals surface area contributed by atoms with E-state index in [0.29, 0.717) is 25.7 Å². The molecule has 0 spiro atoms. The first-order valence-electron chi connectivity index (χ1n) is 14.2. The highest BCUT2D eigenvalue weighted by atomic mass is 32.2. The van der Waals surface area contributed by atoms with Gasteiger partial charge in [-0.2, -0.15) is 16.8 Å². The first kappa shape index (κ1) is 40.2. The van der Waals surface area contributed by atoms with Gasteiger partial charge in [-0.15, -0.1) is 0 Å². The van der Waals surface area contributed by atoms with E-state index in [2.05, 4.69) is 51.3 Å². The minimum absolute atomic E-state index is 0.296. The molecule has 0 radical (unpaired) electrons. The fourth-order valence-corrected chi connectivity index (χ4v) is 4.44. The van der Waals surface area contributed by atoms with E-state index in [9.17, 15) is 16.8 Å². The van der Waals surface area contributed by atoms with Gasteiger partial charge in [-0.1, -0.05) is 80.1 Å². The van der Waals surface area contributed by atoms with Gasteiger partial charge in [-0.3, -0.25) is 9.11 Å². The molecule has 0 aliphatic rings. The standard InChI is InChI=1S/2C10H23N.C6H14O6S2/c2*1-4-7-9-11(6-3)10-8-5-2;7-13(8,9)5-3-1-2-4-6-14(10,11)12/h2*4-10H2,1-3H3;1-6H2,(H,7,8,9)(H,10,11,12). The summed E-state index contributed by atoms with van der Waals surface area (Å²) in [4.78, 5) is 5.10. The molecule has 0 aliphatic heterocycles. The lowest BCUT2D eigenvalue weighted by Gasteiger charge is -2.19. The van der Waals surface area contributed by atoms with Crippen molar-refractivity contribution in [2.75, 3.05) is 50.8 Å². The Hall–Kier alpha value is -0.260. The SMILES string of the molecule is CCCCN(CC)CCCC.CCCCN(CC)CCCC.O=S(=O)(O)CCCCCCS(=O)(=O)O. The lowest BCUT2D eigenvalue weighted by molar-refractivity contribution is 0.279. The Balaban J connectivity index is -0.000000459. The minimum atomic E-state index is -3.91. The van der Waals surface area contributed by atoms with Gasteiger partial charge in [-0.05, 0) is 77.8 Å². The van der Waals surface area contributed by atoms with Gasteiger partial charge in [-0.25, -0.2) is 0 Å². The molecule has 0 heterocycles. The first-order valence-corrected chi connectivity index (χ1v) is 17.5. The largest absolute Gasteiger partial charge is 0.304 e. The summed E-state index contributed by atoms with van der Waals surface area (Å²) in [6.45, 7) is 21.2. The van der Waals surface area contributed by atoms with Crippen molar-refractivity contribution >= 4 is 20.2 Å². The van der Waals surface area contributed by atoms with Crippen LogP contribution in [0.25, 0.3) is 0 Å². The molecule has 36 heavy (non-hydrogen) atoms. The molecule has 0 amide bonds. The van der Waals surface area contributed by atoms with Crippen molar-refractivity contribution in [3.05, 3.63) is 0 Å². The molecule has 222 valence electrons. The van der Waals surface area contributed by atoms with Crippen molar-refractivity contribution in [3.63, 3.8) is 0 Å². The van der Waals surface area contributed by atoms with Crippen molar-refractivity contribution in [3.8, 4) is 0 Å². The molecule has 0 rings (SSSR count). The summed E-state index contributed by atoms with van der Waals surface area (Å²) in [7, 11) is -7.81. The Labute approximate surface area is 225 Å². The van der Waals surface area contributed by atoms with E-state index in [1.807, 2.05) is 0 Å². The maximum absolute atomic E-state index is 10.2. The van der Waals surface area contributed by atoms with Crippen molar-refractivity contribution in [1.82, 2.24) is 9.80 Å². The van der Waals surface area contributed by atoms with E-state index >= 15 is 0 Å². The third-order valence-electron chi connectivity index (χ3n) is 5.76. The molecule has 10 heteroatoms. The average Bonchev–Trinajstić information content (AvgIpc) is 2.81. The van der Waals surface area contributed by atoms with E-state index in [-0.39, 0.29) is 11.5 Å². The third kappa shape index (κ3) is 38.3. The molecule has 0 aromatic carbocycles. The quantitative estimate of drug-likeness (QED) is 0.127.